The van der Waals surface area contributed by atoms with E-state index >= 15 is 0 Å². The van der Waals surface area contributed by atoms with Gasteiger partial charge in [0, 0.05) is 24.5 Å². The number of rotatable bonds is 2. The lowest BCUT2D eigenvalue weighted by atomic mass is 10.1. The van der Waals surface area contributed by atoms with Gasteiger partial charge in [0.1, 0.15) is 6.26 Å². The predicted molar refractivity (Wildman–Crippen MR) is 47.6 cm³/mol. The molecule has 0 aliphatic rings. The van der Waals surface area contributed by atoms with Crippen molar-refractivity contribution in [1.29, 1.82) is 0 Å². The molecule has 0 aromatic carbocycles. The number of nitrogens with zero attached hydrogens (tertiary/aromatic N) is 2. The number of hydrogen-bond acceptors (Lipinski definition) is 4. The second kappa shape index (κ2) is 3.37. The highest BCUT2D eigenvalue weighted by atomic mass is 16.3. The van der Waals surface area contributed by atoms with E-state index in [1.165, 1.54) is 6.26 Å². The van der Waals surface area contributed by atoms with E-state index in [0.717, 1.165) is 11.1 Å². The topological polar surface area (TPSA) is 64.9 Å². The van der Waals surface area contributed by atoms with Gasteiger partial charge in [-0.2, -0.15) is 0 Å². The lowest BCUT2D eigenvalue weighted by Crippen LogP contribution is -1.99. The van der Waals surface area contributed by atoms with Gasteiger partial charge < -0.3 is 10.2 Å². The van der Waals surface area contributed by atoms with Gasteiger partial charge in [-0.05, 0) is 11.6 Å². The van der Waals surface area contributed by atoms with Gasteiger partial charge in [0.05, 0.1) is 6.20 Å². The lowest BCUT2D eigenvalue weighted by Gasteiger charge is -2.01. The van der Waals surface area contributed by atoms with Crippen LogP contribution in [0.2, 0.25) is 0 Å². The number of nitrogens with two attached hydrogens (primary N) is 1. The maximum absolute atomic E-state index is 5.55. The van der Waals surface area contributed by atoms with Crippen molar-refractivity contribution in [3.8, 4) is 11.5 Å². The van der Waals surface area contributed by atoms with Gasteiger partial charge in [-0.15, -0.1) is 0 Å². The third-order valence-corrected chi connectivity index (χ3v) is 1.79. The first-order valence-electron chi connectivity index (χ1n) is 3.94. The molecule has 0 saturated heterocycles. The summed E-state index contributed by atoms with van der Waals surface area (Å²) in [4.78, 5) is 8.02. The molecule has 2 rings (SSSR count). The Hall–Kier alpha value is -1.68. The Morgan fingerprint density at radius 2 is 2.31 bits per heavy atom. The molecule has 0 radical (unpaired) electrons. The molecule has 0 saturated carbocycles. The smallest absolute Gasteiger partial charge is 0.226 e. The zero-order valence-corrected chi connectivity index (χ0v) is 6.97. The average Bonchev–Trinajstić information content (AvgIpc) is 2.70. The first-order chi connectivity index (χ1) is 6.42. The minimum absolute atomic E-state index is 0.436. The standard InChI is InChI=1S/C9H9N3O/c10-5-7-6-11-2-1-8(7)9-12-3-4-13-9/h1-4,6H,5,10H2. The number of aromatic nitrogens is 2. The second-order valence-electron chi connectivity index (χ2n) is 2.57. The van der Waals surface area contributed by atoms with E-state index < -0.39 is 0 Å². The SMILES string of the molecule is NCc1cnccc1-c1ncco1. The Morgan fingerprint density at radius 3 is 3.00 bits per heavy atom. The van der Waals surface area contributed by atoms with Gasteiger partial charge in [-0.25, -0.2) is 4.98 Å². The maximum atomic E-state index is 5.55. The number of oxazole rings is 1. The van der Waals surface area contributed by atoms with Crippen molar-refractivity contribution in [2.75, 3.05) is 0 Å². The molecule has 2 aromatic rings. The molecule has 0 atom stereocenters. The van der Waals surface area contributed by atoms with Crippen LogP contribution < -0.4 is 5.73 Å². The van der Waals surface area contributed by atoms with E-state index in [4.69, 9.17) is 10.2 Å². The van der Waals surface area contributed by atoms with Crippen LogP contribution in [0.1, 0.15) is 5.56 Å². The Balaban J connectivity index is 2.51. The summed E-state index contributed by atoms with van der Waals surface area (Å²) >= 11 is 0. The van der Waals surface area contributed by atoms with Crippen LogP contribution in [0.5, 0.6) is 0 Å². The van der Waals surface area contributed by atoms with Crippen LogP contribution in [-0.4, -0.2) is 9.97 Å². The Bertz CT molecular complexity index is 384. The summed E-state index contributed by atoms with van der Waals surface area (Å²) in [6, 6.07) is 1.84. The van der Waals surface area contributed by atoms with Gasteiger partial charge >= 0.3 is 0 Å². The molecule has 0 unspecified atom stereocenters. The third kappa shape index (κ3) is 1.43. The number of pyridine rings is 1. The molecule has 2 heterocycles. The highest BCUT2D eigenvalue weighted by Crippen LogP contribution is 2.19. The molecule has 4 nitrogen and oxygen atoms in total. The van der Waals surface area contributed by atoms with E-state index in [2.05, 4.69) is 9.97 Å². The van der Waals surface area contributed by atoms with Crippen molar-refractivity contribution >= 4 is 0 Å². The second-order valence-corrected chi connectivity index (χ2v) is 2.57. The van der Waals surface area contributed by atoms with Gasteiger partial charge in [0.25, 0.3) is 0 Å². The molecule has 0 spiro atoms. The normalized spacial score (nSPS) is 10.2. The van der Waals surface area contributed by atoms with Crippen LogP contribution in [0.4, 0.5) is 0 Å². The fraction of sp³-hybridized carbons (Fsp3) is 0.111. The van der Waals surface area contributed by atoms with Crippen molar-refractivity contribution in [3.63, 3.8) is 0 Å². The Kier molecular flexibility index (Phi) is 2.06. The fourth-order valence-electron chi connectivity index (χ4n) is 1.15. The molecule has 0 bridgehead atoms. The highest BCUT2D eigenvalue weighted by Gasteiger charge is 2.06. The van der Waals surface area contributed by atoms with Crippen LogP contribution in [-0.2, 0) is 6.54 Å². The van der Waals surface area contributed by atoms with E-state index in [9.17, 15) is 0 Å². The first-order valence-corrected chi connectivity index (χ1v) is 3.94. The zero-order valence-electron chi connectivity index (χ0n) is 6.97. The van der Waals surface area contributed by atoms with Crippen LogP contribution in [0.15, 0.2) is 35.3 Å². The molecule has 4 heteroatoms. The summed E-state index contributed by atoms with van der Waals surface area (Å²) in [6.07, 6.45) is 6.56. The Labute approximate surface area is 75.4 Å². The summed E-state index contributed by atoms with van der Waals surface area (Å²) in [5.41, 5.74) is 7.39. The zero-order chi connectivity index (χ0) is 9.10. The molecule has 0 fully saturated rings. The molecule has 0 aliphatic carbocycles. The molecule has 13 heavy (non-hydrogen) atoms. The van der Waals surface area contributed by atoms with Crippen molar-refractivity contribution in [2.45, 2.75) is 6.54 Å². The minimum atomic E-state index is 0.436. The largest absolute Gasteiger partial charge is 0.445 e. The fourth-order valence-corrected chi connectivity index (χ4v) is 1.15. The highest BCUT2D eigenvalue weighted by molar-refractivity contribution is 5.57. The quantitative estimate of drug-likeness (QED) is 0.744. The molecular formula is C9H9N3O. The Morgan fingerprint density at radius 1 is 1.38 bits per heavy atom. The van der Waals surface area contributed by atoms with Crippen molar-refractivity contribution in [3.05, 3.63) is 36.5 Å². The first kappa shape index (κ1) is 7.94. The predicted octanol–water partition coefficient (Wildman–Crippen LogP) is 1.20. The van der Waals surface area contributed by atoms with Gasteiger partial charge in [0.15, 0.2) is 0 Å². The van der Waals surface area contributed by atoms with Crippen LogP contribution >= 0.6 is 0 Å². The molecule has 0 amide bonds. The average molecular weight is 175 g/mol. The summed E-state index contributed by atoms with van der Waals surface area (Å²) in [5, 5.41) is 0. The number of hydrogen-bond donors (Lipinski definition) is 1. The van der Waals surface area contributed by atoms with Crippen molar-refractivity contribution < 1.29 is 4.42 Å². The molecule has 2 aromatic heterocycles. The molecule has 0 aliphatic heterocycles. The van der Waals surface area contributed by atoms with Crippen LogP contribution in [0.25, 0.3) is 11.5 Å². The van der Waals surface area contributed by atoms with Gasteiger partial charge in [0.2, 0.25) is 5.89 Å². The summed E-state index contributed by atoms with van der Waals surface area (Å²) in [5.74, 6) is 0.586. The van der Waals surface area contributed by atoms with Crippen molar-refractivity contribution in [2.24, 2.45) is 5.73 Å². The van der Waals surface area contributed by atoms with Crippen molar-refractivity contribution in [1.82, 2.24) is 9.97 Å². The van der Waals surface area contributed by atoms with E-state index in [1.807, 2.05) is 6.07 Å². The summed E-state index contributed by atoms with van der Waals surface area (Å²) in [7, 11) is 0. The third-order valence-electron chi connectivity index (χ3n) is 1.79. The molecular weight excluding hydrogens is 166 g/mol. The van der Waals surface area contributed by atoms with E-state index in [-0.39, 0.29) is 0 Å². The molecule has 2 N–H and O–H groups in total. The van der Waals surface area contributed by atoms with Crippen LogP contribution in [0.3, 0.4) is 0 Å². The summed E-state index contributed by atoms with van der Waals surface area (Å²) < 4.78 is 5.17. The van der Waals surface area contributed by atoms with Gasteiger partial charge in [-0.3, -0.25) is 4.98 Å². The maximum Gasteiger partial charge on any atom is 0.226 e. The van der Waals surface area contributed by atoms with Gasteiger partial charge in [-0.1, -0.05) is 0 Å². The van der Waals surface area contributed by atoms with E-state index in [0.29, 0.717) is 12.4 Å². The van der Waals surface area contributed by atoms with E-state index in [1.54, 1.807) is 18.6 Å². The minimum Gasteiger partial charge on any atom is -0.445 e. The summed E-state index contributed by atoms with van der Waals surface area (Å²) in [6.45, 7) is 0.436. The molecule has 66 valence electrons. The lowest BCUT2D eigenvalue weighted by molar-refractivity contribution is 0.573. The van der Waals surface area contributed by atoms with Crippen LogP contribution in [0, 0.1) is 0 Å². The monoisotopic (exact) mass is 175 g/mol.